The molecule has 0 radical (unpaired) electrons. The molecular weight excluding hydrogens is 246 g/mol. The SMILES string of the molecule is CCC(=CCOc1ccc(C#N)cc1OC)C(=O)O. The third kappa shape index (κ3) is 4.03. The van der Waals surface area contributed by atoms with Crippen LogP contribution in [0.4, 0.5) is 0 Å². The summed E-state index contributed by atoms with van der Waals surface area (Å²) in [7, 11) is 1.48. The molecule has 5 nitrogen and oxygen atoms in total. The summed E-state index contributed by atoms with van der Waals surface area (Å²) in [4.78, 5) is 10.8. The van der Waals surface area contributed by atoms with Gasteiger partial charge in [-0.2, -0.15) is 5.26 Å². The summed E-state index contributed by atoms with van der Waals surface area (Å²) in [5, 5.41) is 17.6. The number of ether oxygens (including phenoxy) is 2. The van der Waals surface area contributed by atoms with Crippen molar-refractivity contribution in [1.82, 2.24) is 0 Å². The Morgan fingerprint density at radius 2 is 2.21 bits per heavy atom. The number of carboxylic acid groups (broad SMARTS) is 1. The van der Waals surface area contributed by atoms with E-state index in [-0.39, 0.29) is 6.61 Å². The Bertz CT molecular complexity index is 529. The molecule has 0 spiro atoms. The summed E-state index contributed by atoms with van der Waals surface area (Å²) in [6.45, 7) is 1.90. The number of hydrogen-bond acceptors (Lipinski definition) is 4. The summed E-state index contributed by atoms with van der Waals surface area (Å²) < 4.78 is 10.5. The maximum absolute atomic E-state index is 10.8. The number of aliphatic carboxylic acids is 1. The van der Waals surface area contributed by atoms with Gasteiger partial charge in [-0.15, -0.1) is 0 Å². The molecule has 0 atom stereocenters. The van der Waals surface area contributed by atoms with Crippen molar-refractivity contribution in [1.29, 1.82) is 5.26 Å². The summed E-state index contributed by atoms with van der Waals surface area (Å²) in [6, 6.07) is 6.80. The van der Waals surface area contributed by atoms with Crippen LogP contribution in [0.1, 0.15) is 18.9 Å². The molecule has 0 saturated heterocycles. The van der Waals surface area contributed by atoms with Crippen LogP contribution in [0.25, 0.3) is 0 Å². The topological polar surface area (TPSA) is 79.5 Å². The van der Waals surface area contributed by atoms with Crippen LogP contribution in [0, 0.1) is 11.3 Å². The molecular formula is C14H15NO4. The van der Waals surface area contributed by atoms with Crippen molar-refractivity contribution < 1.29 is 19.4 Å². The standard InChI is InChI=1S/C14H15NO4/c1-3-11(14(16)17)6-7-19-12-5-4-10(9-15)8-13(12)18-2/h4-6,8H,3,7H2,1-2H3,(H,16,17). The Balaban J connectivity index is 2.78. The van der Waals surface area contributed by atoms with E-state index in [9.17, 15) is 4.79 Å². The van der Waals surface area contributed by atoms with E-state index >= 15 is 0 Å². The number of carbonyl (C=O) groups is 1. The quantitative estimate of drug-likeness (QED) is 0.795. The lowest BCUT2D eigenvalue weighted by Gasteiger charge is -2.09. The van der Waals surface area contributed by atoms with E-state index < -0.39 is 5.97 Å². The van der Waals surface area contributed by atoms with Crippen LogP contribution in [0.2, 0.25) is 0 Å². The van der Waals surface area contributed by atoms with Gasteiger partial charge >= 0.3 is 5.97 Å². The van der Waals surface area contributed by atoms with E-state index in [4.69, 9.17) is 19.8 Å². The first-order chi connectivity index (χ1) is 9.12. The van der Waals surface area contributed by atoms with Gasteiger partial charge < -0.3 is 14.6 Å². The summed E-state index contributed by atoms with van der Waals surface area (Å²) in [6.07, 6.45) is 1.95. The van der Waals surface area contributed by atoms with Gasteiger partial charge in [-0.1, -0.05) is 6.92 Å². The van der Waals surface area contributed by atoms with E-state index in [2.05, 4.69) is 0 Å². The van der Waals surface area contributed by atoms with Crippen molar-refractivity contribution in [2.45, 2.75) is 13.3 Å². The van der Waals surface area contributed by atoms with Crippen molar-refractivity contribution in [3.63, 3.8) is 0 Å². The van der Waals surface area contributed by atoms with Crippen molar-refractivity contribution in [3.8, 4) is 17.6 Å². The molecule has 0 unspecified atom stereocenters. The molecule has 19 heavy (non-hydrogen) atoms. The second kappa shape index (κ2) is 7.07. The maximum atomic E-state index is 10.8. The zero-order chi connectivity index (χ0) is 14.3. The normalized spacial score (nSPS) is 10.7. The molecule has 0 aliphatic rings. The zero-order valence-electron chi connectivity index (χ0n) is 10.8. The molecule has 0 aliphatic carbocycles. The van der Waals surface area contributed by atoms with Crippen LogP contribution in [-0.4, -0.2) is 24.8 Å². The lowest BCUT2D eigenvalue weighted by atomic mass is 10.2. The summed E-state index contributed by atoms with van der Waals surface area (Å²) in [5.74, 6) is -0.0303. The molecule has 0 bridgehead atoms. The van der Waals surface area contributed by atoms with E-state index in [1.54, 1.807) is 25.1 Å². The first-order valence-corrected chi connectivity index (χ1v) is 5.75. The highest BCUT2D eigenvalue weighted by atomic mass is 16.5. The largest absolute Gasteiger partial charge is 0.493 e. The molecule has 0 aromatic heterocycles. The average molecular weight is 261 g/mol. The van der Waals surface area contributed by atoms with Crippen LogP contribution in [-0.2, 0) is 4.79 Å². The summed E-state index contributed by atoms with van der Waals surface area (Å²) in [5.41, 5.74) is 0.770. The van der Waals surface area contributed by atoms with Gasteiger partial charge in [0.05, 0.1) is 18.7 Å². The number of nitrogens with zero attached hydrogens (tertiary/aromatic N) is 1. The molecule has 1 aromatic carbocycles. The third-order valence-electron chi connectivity index (χ3n) is 2.52. The first kappa shape index (κ1) is 14.6. The van der Waals surface area contributed by atoms with E-state index in [0.29, 0.717) is 29.1 Å². The van der Waals surface area contributed by atoms with Gasteiger partial charge in [0.2, 0.25) is 0 Å². The Morgan fingerprint density at radius 3 is 2.74 bits per heavy atom. The lowest BCUT2D eigenvalue weighted by molar-refractivity contribution is -0.132. The third-order valence-corrected chi connectivity index (χ3v) is 2.52. The number of benzene rings is 1. The minimum atomic E-state index is -0.946. The second-order valence-electron chi connectivity index (χ2n) is 3.68. The van der Waals surface area contributed by atoms with Crippen molar-refractivity contribution >= 4 is 5.97 Å². The predicted molar refractivity (Wildman–Crippen MR) is 69.2 cm³/mol. The monoisotopic (exact) mass is 261 g/mol. The van der Waals surface area contributed by atoms with Crippen LogP contribution in [0.5, 0.6) is 11.5 Å². The molecule has 1 N–H and O–H groups in total. The van der Waals surface area contributed by atoms with Gasteiger partial charge in [0.1, 0.15) is 6.61 Å². The number of hydrogen-bond donors (Lipinski definition) is 1. The maximum Gasteiger partial charge on any atom is 0.331 e. The van der Waals surface area contributed by atoms with Gasteiger partial charge in [0, 0.05) is 11.6 Å². The number of rotatable bonds is 6. The summed E-state index contributed by atoms with van der Waals surface area (Å²) >= 11 is 0. The molecule has 5 heteroatoms. The van der Waals surface area contributed by atoms with Crippen LogP contribution < -0.4 is 9.47 Å². The molecule has 1 aromatic rings. The zero-order valence-corrected chi connectivity index (χ0v) is 10.8. The number of methoxy groups -OCH3 is 1. The highest BCUT2D eigenvalue weighted by molar-refractivity contribution is 5.86. The minimum absolute atomic E-state index is 0.137. The average Bonchev–Trinajstić information content (AvgIpc) is 2.43. The predicted octanol–water partition coefficient (Wildman–Crippen LogP) is 2.37. The van der Waals surface area contributed by atoms with E-state index in [0.717, 1.165) is 0 Å². The van der Waals surface area contributed by atoms with Crippen molar-refractivity contribution in [2.75, 3.05) is 13.7 Å². The second-order valence-corrected chi connectivity index (χ2v) is 3.68. The van der Waals surface area contributed by atoms with Gasteiger partial charge in [-0.25, -0.2) is 4.79 Å². The molecule has 0 amide bonds. The lowest BCUT2D eigenvalue weighted by Crippen LogP contribution is -2.03. The molecule has 1 rings (SSSR count). The molecule has 0 aliphatic heterocycles. The fourth-order valence-electron chi connectivity index (χ4n) is 1.47. The van der Waals surface area contributed by atoms with E-state index in [1.165, 1.54) is 13.2 Å². The smallest absolute Gasteiger partial charge is 0.331 e. The highest BCUT2D eigenvalue weighted by Crippen LogP contribution is 2.27. The number of carboxylic acids is 1. The van der Waals surface area contributed by atoms with Crippen molar-refractivity contribution in [2.24, 2.45) is 0 Å². The van der Waals surface area contributed by atoms with Gasteiger partial charge in [-0.05, 0) is 24.6 Å². The highest BCUT2D eigenvalue weighted by Gasteiger charge is 2.06. The van der Waals surface area contributed by atoms with E-state index in [1.807, 2.05) is 6.07 Å². The van der Waals surface area contributed by atoms with Gasteiger partial charge in [-0.3, -0.25) is 0 Å². The first-order valence-electron chi connectivity index (χ1n) is 5.75. The molecule has 0 fully saturated rings. The Morgan fingerprint density at radius 1 is 1.47 bits per heavy atom. The molecule has 0 heterocycles. The van der Waals surface area contributed by atoms with Crippen LogP contribution in [0.15, 0.2) is 29.8 Å². The van der Waals surface area contributed by atoms with Crippen LogP contribution in [0.3, 0.4) is 0 Å². The minimum Gasteiger partial charge on any atom is -0.493 e. The van der Waals surface area contributed by atoms with Crippen LogP contribution >= 0.6 is 0 Å². The Labute approximate surface area is 111 Å². The fraction of sp³-hybridized carbons (Fsp3) is 0.286. The fourth-order valence-corrected chi connectivity index (χ4v) is 1.47. The van der Waals surface area contributed by atoms with Gasteiger partial charge in [0.25, 0.3) is 0 Å². The molecule has 100 valence electrons. The van der Waals surface area contributed by atoms with Crippen molar-refractivity contribution in [3.05, 3.63) is 35.4 Å². The number of nitriles is 1. The Kier molecular flexibility index (Phi) is 5.42. The molecule has 0 saturated carbocycles. The van der Waals surface area contributed by atoms with Gasteiger partial charge in [0.15, 0.2) is 11.5 Å². The Hall–Kier alpha value is -2.48.